The van der Waals surface area contributed by atoms with Crippen LogP contribution in [0.1, 0.15) is 64.4 Å². The Labute approximate surface area is 151 Å². The van der Waals surface area contributed by atoms with Crippen LogP contribution in [0.15, 0.2) is 24.3 Å². The number of ketones is 1. The van der Waals surface area contributed by atoms with Crippen molar-refractivity contribution in [2.45, 2.75) is 77.4 Å². The predicted octanol–water partition coefficient (Wildman–Crippen LogP) is 3.20. The normalized spacial score (nSPS) is 13.3. The number of aliphatic hydroxyl groups is 1. The number of aliphatic hydroxyl groups excluding tert-OH is 1. The van der Waals surface area contributed by atoms with Crippen molar-refractivity contribution in [1.29, 1.82) is 0 Å². The molecule has 25 heavy (non-hydrogen) atoms. The minimum Gasteiger partial charge on any atom is -0.391 e. The van der Waals surface area contributed by atoms with Crippen LogP contribution in [0, 0.1) is 0 Å². The third-order valence-corrected chi connectivity index (χ3v) is 4.27. The zero-order chi connectivity index (χ0) is 18.7. The topological polar surface area (TPSA) is 92.4 Å². The quantitative estimate of drug-likeness (QED) is 0.506. The van der Waals surface area contributed by atoms with E-state index in [4.69, 9.17) is 5.73 Å². The predicted molar refractivity (Wildman–Crippen MR) is 101 cm³/mol. The molecule has 0 heterocycles. The second-order valence-corrected chi connectivity index (χ2v) is 6.66. The van der Waals surface area contributed by atoms with Crippen molar-refractivity contribution < 1.29 is 14.7 Å². The van der Waals surface area contributed by atoms with Gasteiger partial charge in [-0.1, -0.05) is 31.9 Å². The van der Waals surface area contributed by atoms with E-state index < -0.39 is 18.1 Å². The molecule has 4 N–H and O–H groups in total. The first-order valence-corrected chi connectivity index (χ1v) is 9.29. The van der Waals surface area contributed by atoms with E-state index in [0.29, 0.717) is 17.9 Å². The van der Waals surface area contributed by atoms with E-state index in [1.165, 1.54) is 12.5 Å². The number of hydrogen-bond acceptors (Lipinski definition) is 4. The minimum atomic E-state index is -0.931. The average molecular weight is 348 g/mol. The summed E-state index contributed by atoms with van der Waals surface area (Å²) in [6, 6.07) is 6.72. The lowest BCUT2D eigenvalue weighted by molar-refractivity contribution is -0.120. The molecule has 2 atom stereocenters. The monoisotopic (exact) mass is 348 g/mol. The largest absolute Gasteiger partial charge is 0.391 e. The second-order valence-electron chi connectivity index (χ2n) is 6.66. The Bertz CT molecular complexity index is 526. The lowest BCUT2D eigenvalue weighted by Gasteiger charge is -2.14. The lowest BCUT2D eigenvalue weighted by atomic mass is 10.0. The summed E-state index contributed by atoms with van der Waals surface area (Å²) in [5, 5.41) is 12.0. The minimum absolute atomic E-state index is 0.386. The van der Waals surface area contributed by atoms with Crippen molar-refractivity contribution in [2.75, 3.05) is 5.32 Å². The number of amides is 1. The van der Waals surface area contributed by atoms with Gasteiger partial charge in [-0.05, 0) is 50.3 Å². The van der Waals surface area contributed by atoms with Crippen molar-refractivity contribution in [3.63, 3.8) is 0 Å². The maximum atomic E-state index is 11.8. The number of Topliss-reactive ketones (excluding diaryl/α,β-unsaturated/α-hetero) is 1. The highest BCUT2D eigenvalue weighted by atomic mass is 16.3. The Hall–Kier alpha value is -1.72. The van der Waals surface area contributed by atoms with Crippen molar-refractivity contribution in [3.05, 3.63) is 29.8 Å². The summed E-state index contributed by atoms with van der Waals surface area (Å²) in [5.74, 6) is -0.00663. The molecule has 0 radical (unpaired) electrons. The molecule has 1 unspecified atom stereocenters. The molecule has 0 spiro atoms. The number of anilines is 1. The molecule has 0 aliphatic carbocycles. The Kier molecular flexibility index (Phi) is 10.0. The van der Waals surface area contributed by atoms with Crippen LogP contribution in [0.3, 0.4) is 0 Å². The van der Waals surface area contributed by atoms with Gasteiger partial charge in [0.25, 0.3) is 0 Å². The molecule has 1 rings (SSSR count). The van der Waals surface area contributed by atoms with Crippen molar-refractivity contribution in [1.82, 2.24) is 0 Å². The number of benzene rings is 1. The van der Waals surface area contributed by atoms with Gasteiger partial charge in [0.05, 0.1) is 6.10 Å². The van der Waals surface area contributed by atoms with Gasteiger partial charge in [-0.15, -0.1) is 0 Å². The van der Waals surface area contributed by atoms with E-state index in [0.717, 1.165) is 44.9 Å². The van der Waals surface area contributed by atoms with Crippen LogP contribution < -0.4 is 11.1 Å². The zero-order valence-corrected chi connectivity index (χ0v) is 15.5. The van der Waals surface area contributed by atoms with E-state index in [9.17, 15) is 14.7 Å². The maximum absolute atomic E-state index is 11.8. The van der Waals surface area contributed by atoms with Gasteiger partial charge in [0, 0.05) is 18.5 Å². The molecule has 1 aromatic carbocycles. The van der Waals surface area contributed by atoms with Gasteiger partial charge in [-0.25, -0.2) is 0 Å². The van der Waals surface area contributed by atoms with Crippen molar-refractivity contribution in [2.24, 2.45) is 5.73 Å². The molecule has 0 fully saturated rings. The molecule has 0 saturated heterocycles. The number of nitrogens with two attached hydrogens (primary N) is 1. The molecule has 0 aliphatic rings. The first-order chi connectivity index (χ1) is 11.9. The van der Waals surface area contributed by atoms with Gasteiger partial charge in [0.15, 0.2) is 0 Å². The number of carbonyl (C=O) groups excluding carboxylic acids is 2. The number of carbonyl (C=O) groups is 2. The first kappa shape index (κ1) is 21.3. The van der Waals surface area contributed by atoms with Gasteiger partial charge in [-0.3, -0.25) is 9.59 Å². The smallest absolute Gasteiger partial charge is 0.243 e. The fourth-order valence-electron chi connectivity index (χ4n) is 2.53. The Morgan fingerprint density at radius 2 is 1.72 bits per heavy atom. The summed E-state index contributed by atoms with van der Waals surface area (Å²) in [5.41, 5.74) is 7.47. The standard InChI is InChI=1S/C20H32N2O3/c1-3-4-9-18(24)10-7-5-6-8-16-11-13-17(14-12-16)22-20(25)19(21)15(2)23/h11-15,19,23H,3-10,21H2,1-2H3,(H,22,25)/t15?,19-/m0/s1. The fraction of sp³-hybridized carbons (Fsp3) is 0.600. The highest BCUT2D eigenvalue weighted by molar-refractivity contribution is 5.95. The van der Waals surface area contributed by atoms with E-state index in [1.54, 1.807) is 0 Å². The van der Waals surface area contributed by atoms with E-state index >= 15 is 0 Å². The zero-order valence-electron chi connectivity index (χ0n) is 15.5. The summed E-state index contributed by atoms with van der Waals surface area (Å²) in [6.45, 7) is 3.59. The number of aryl methyl sites for hydroxylation is 1. The van der Waals surface area contributed by atoms with Gasteiger partial charge < -0.3 is 16.2 Å². The summed E-state index contributed by atoms with van der Waals surface area (Å²) >= 11 is 0. The molecule has 1 aromatic rings. The van der Waals surface area contributed by atoms with Crippen LogP contribution >= 0.6 is 0 Å². The van der Waals surface area contributed by atoms with Crippen molar-refractivity contribution in [3.8, 4) is 0 Å². The Balaban J connectivity index is 2.26. The van der Waals surface area contributed by atoms with E-state index in [1.807, 2.05) is 24.3 Å². The third kappa shape index (κ3) is 8.79. The van der Waals surface area contributed by atoms with Gasteiger partial charge in [-0.2, -0.15) is 0 Å². The van der Waals surface area contributed by atoms with Crippen LogP contribution in [-0.2, 0) is 16.0 Å². The highest BCUT2D eigenvalue weighted by Crippen LogP contribution is 2.14. The molecule has 0 aliphatic heterocycles. The number of hydrogen-bond donors (Lipinski definition) is 3. The summed E-state index contributed by atoms with van der Waals surface area (Å²) in [7, 11) is 0. The summed E-state index contributed by atoms with van der Waals surface area (Å²) in [6.07, 6.45) is 6.67. The Morgan fingerprint density at radius 1 is 1.08 bits per heavy atom. The fourth-order valence-corrected chi connectivity index (χ4v) is 2.53. The average Bonchev–Trinajstić information content (AvgIpc) is 2.60. The third-order valence-electron chi connectivity index (χ3n) is 4.27. The first-order valence-electron chi connectivity index (χ1n) is 9.29. The molecule has 0 saturated carbocycles. The molecule has 5 heteroatoms. The van der Waals surface area contributed by atoms with Gasteiger partial charge in [0.1, 0.15) is 11.8 Å². The molecular formula is C20H32N2O3. The van der Waals surface area contributed by atoms with Crippen LogP contribution in [-0.4, -0.2) is 28.9 Å². The molecule has 1 amide bonds. The highest BCUT2D eigenvalue weighted by Gasteiger charge is 2.18. The van der Waals surface area contributed by atoms with Gasteiger partial charge in [0.2, 0.25) is 5.91 Å². The summed E-state index contributed by atoms with van der Waals surface area (Å²) < 4.78 is 0. The maximum Gasteiger partial charge on any atom is 0.243 e. The molecule has 0 aromatic heterocycles. The van der Waals surface area contributed by atoms with Crippen molar-refractivity contribution >= 4 is 17.4 Å². The Morgan fingerprint density at radius 3 is 2.32 bits per heavy atom. The van der Waals surface area contributed by atoms with Crippen LogP contribution in [0.25, 0.3) is 0 Å². The molecule has 140 valence electrons. The van der Waals surface area contributed by atoms with Crippen LogP contribution in [0.4, 0.5) is 5.69 Å². The summed E-state index contributed by atoms with van der Waals surface area (Å²) in [4.78, 5) is 23.4. The SMILES string of the molecule is CCCCC(=O)CCCCCc1ccc(NC(=O)[C@@H](N)C(C)O)cc1. The lowest BCUT2D eigenvalue weighted by Crippen LogP contribution is -2.43. The van der Waals surface area contributed by atoms with Gasteiger partial charge >= 0.3 is 0 Å². The molecule has 0 bridgehead atoms. The van der Waals surface area contributed by atoms with E-state index in [-0.39, 0.29) is 0 Å². The number of unbranched alkanes of at least 4 members (excludes halogenated alkanes) is 3. The van der Waals surface area contributed by atoms with Crippen LogP contribution in [0.5, 0.6) is 0 Å². The second kappa shape index (κ2) is 11.8. The number of rotatable bonds is 12. The number of nitrogens with one attached hydrogen (secondary N) is 1. The van der Waals surface area contributed by atoms with Crippen LogP contribution in [0.2, 0.25) is 0 Å². The molecular weight excluding hydrogens is 316 g/mol. The van der Waals surface area contributed by atoms with E-state index in [2.05, 4.69) is 12.2 Å². The molecule has 5 nitrogen and oxygen atoms in total.